The van der Waals surface area contributed by atoms with Gasteiger partial charge in [-0.3, -0.25) is 4.90 Å². The molecule has 1 fully saturated rings. The molecule has 1 N–H and O–H groups in total. The van der Waals surface area contributed by atoms with Crippen molar-refractivity contribution >= 4 is 36.2 Å². The highest BCUT2D eigenvalue weighted by atomic mass is 35.5. The van der Waals surface area contributed by atoms with E-state index < -0.39 is 0 Å². The summed E-state index contributed by atoms with van der Waals surface area (Å²) >= 11 is 1.93. The van der Waals surface area contributed by atoms with E-state index in [0.29, 0.717) is 6.04 Å². The molecule has 0 saturated carbocycles. The van der Waals surface area contributed by atoms with Crippen LogP contribution in [0.1, 0.15) is 22.7 Å². The van der Waals surface area contributed by atoms with Gasteiger partial charge in [0.25, 0.3) is 0 Å². The van der Waals surface area contributed by atoms with Gasteiger partial charge >= 0.3 is 0 Å². The summed E-state index contributed by atoms with van der Waals surface area (Å²) in [6.07, 6.45) is 3.21. The predicted molar refractivity (Wildman–Crippen MR) is 85.6 cm³/mol. The Kier molecular flexibility index (Phi) is 8.91. The average Bonchev–Trinajstić information content (AvgIpc) is 2.80. The van der Waals surface area contributed by atoms with Crippen LogP contribution in [0.2, 0.25) is 0 Å². The number of rotatable bonds is 4. The lowest BCUT2D eigenvalue weighted by Gasteiger charge is -2.32. The van der Waals surface area contributed by atoms with Gasteiger partial charge < -0.3 is 5.32 Å². The molecule has 2 rings (SSSR count). The number of piperazine rings is 1. The summed E-state index contributed by atoms with van der Waals surface area (Å²) < 4.78 is 0. The molecule has 1 aromatic heterocycles. The van der Waals surface area contributed by atoms with Gasteiger partial charge in [0.15, 0.2) is 0 Å². The molecule has 18 heavy (non-hydrogen) atoms. The van der Waals surface area contributed by atoms with Gasteiger partial charge in [0.2, 0.25) is 0 Å². The van der Waals surface area contributed by atoms with Crippen molar-refractivity contribution in [1.82, 2.24) is 10.2 Å². The van der Waals surface area contributed by atoms with Gasteiger partial charge in [0.1, 0.15) is 0 Å². The molecule has 0 unspecified atom stereocenters. The van der Waals surface area contributed by atoms with E-state index in [9.17, 15) is 0 Å². The van der Waals surface area contributed by atoms with Gasteiger partial charge in [-0.15, -0.1) is 42.7 Å². The van der Waals surface area contributed by atoms with Crippen LogP contribution in [0, 0.1) is 0 Å². The first kappa shape index (κ1) is 17.9. The molecule has 1 atom stereocenters. The third kappa shape index (κ3) is 4.25. The van der Waals surface area contributed by atoms with E-state index in [1.165, 1.54) is 9.75 Å². The lowest BCUT2D eigenvalue weighted by atomic mass is 10.2. The Balaban J connectivity index is 0.00000144. The molecule has 2 heterocycles. The summed E-state index contributed by atoms with van der Waals surface area (Å²) in [5, 5.41) is 3.39. The van der Waals surface area contributed by atoms with Gasteiger partial charge in [0, 0.05) is 35.9 Å². The molecule has 1 aliphatic rings. The number of hydrogen-bond acceptors (Lipinski definition) is 3. The van der Waals surface area contributed by atoms with Gasteiger partial charge in [-0.1, -0.05) is 13.0 Å². The molecular formula is C13H22Cl2N2S. The van der Waals surface area contributed by atoms with E-state index in [1.54, 1.807) is 0 Å². The normalized spacial score (nSPS) is 17.4. The van der Waals surface area contributed by atoms with Crippen molar-refractivity contribution in [2.45, 2.75) is 19.4 Å². The van der Waals surface area contributed by atoms with Crippen LogP contribution in [-0.2, 0) is 6.42 Å². The lowest BCUT2D eigenvalue weighted by Crippen LogP contribution is -2.44. The SMILES string of the molecule is C=C[C@@H](c1ccc(CC)s1)N1CCNCC1.Cl.Cl. The summed E-state index contributed by atoms with van der Waals surface area (Å²) in [4.78, 5) is 5.42. The molecule has 1 saturated heterocycles. The van der Waals surface area contributed by atoms with Crippen LogP contribution < -0.4 is 5.32 Å². The molecule has 1 aromatic rings. The third-order valence-corrected chi connectivity index (χ3v) is 4.39. The highest BCUT2D eigenvalue weighted by Crippen LogP contribution is 2.29. The molecule has 1 aliphatic heterocycles. The molecule has 0 bridgehead atoms. The number of nitrogens with one attached hydrogen (secondary N) is 1. The smallest absolute Gasteiger partial charge is 0.0624 e. The first-order chi connectivity index (χ1) is 7.85. The summed E-state index contributed by atoms with van der Waals surface area (Å²) in [6.45, 7) is 10.6. The fourth-order valence-corrected chi connectivity index (χ4v) is 3.23. The predicted octanol–water partition coefficient (Wildman–Crippen LogP) is 3.29. The monoisotopic (exact) mass is 308 g/mol. The van der Waals surface area contributed by atoms with Crippen molar-refractivity contribution < 1.29 is 0 Å². The van der Waals surface area contributed by atoms with Gasteiger partial charge in [0.05, 0.1) is 6.04 Å². The highest BCUT2D eigenvalue weighted by Gasteiger charge is 2.20. The molecule has 0 radical (unpaired) electrons. The fourth-order valence-electron chi connectivity index (χ4n) is 2.15. The zero-order chi connectivity index (χ0) is 11.4. The van der Waals surface area contributed by atoms with Crippen molar-refractivity contribution in [3.8, 4) is 0 Å². The first-order valence-corrected chi connectivity index (χ1v) is 6.82. The van der Waals surface area contributed by atoms with Crippen LogP contribution in [0.3, 0.4) is 0 Å². The molecule has 2 nitrogen and oxygen atoms in total. The van der Waals surface area contributed by atoms with Crippen LogP contribution >= 0.6 is 36.2 Å². The fraction of sp³-hybridized carbons (Fsp3) is 0.538. The summed E-state index contributed by atoms with van der Waals surface area (Å²) in [7, 11) is 0. The van der Waals surface area contributed by atoms with E-state index >= 15 is 0 Å². The maximum atomic E-state index is 3.99. The summed E-state index contributed by atoms with van der Waals surface area (Å²) in [5.41, 5.74) is 0. The Morgan fingerprint density at radius 3 is 2.56 bits per heavy atom. The Morgan fingerprint density at radius 2 is 2.06 bits per heavy atom. The number of aryl methyl sites for hydroxylation is 1. The van der Waals surface area contributed by atoms with Gasteiger partial charge in [-0.2, -0.15) is 0 Å². The highest BCUT2D eigenvalue weighted by molar-refractivity contribution is 7.12. The number of nitrogens with zero attached hydrogens (tertiary/aromatic N) is 1. The minimum Gasteiger partial charge on any atom is -0.314 e. The maximum absolute atomic E-state index is 3.99. The van der Waals surface area contributed by atoms with Crippen LogP contribution in [0.15, 0.2) is 24.8 Å². The number of thiophene rings is 1. The van der Waals surface area contributed by atoms with E-state index in [-0.39, 0.29) is 24.8 Å². The van der Waals surface area contributed by atoms with Gasteiger partial charge in [-0.25, -0.2) is 0 Å². The molecule has 5 heteroatoms. The largest absolute Gasteiger partial charge is 0.314 e. The second kappa shape index (κ2) is 8.94. The molecule has 0 aliphatic carbocycles. The van der Waals surface area contributed by atoms with E-state index in [4.69, 9.17) is 0 Å². The third-order valence-electron chi connectivity index (χ3n) is 3.09. The van der Waals surface area contributed by atoms with Crippen molar-refractivity contribution in [3.05, 3.63) is 34.5 Å². The van der Waals surface area contributed by atoms with E-state index in [2.05, 4.69) is 41.9 Å². The molecular weight excluding hydrogens is 287 g/mol. The minimum atomic E-state index is 0. The number of hydrogen-bond donors (Lipinski definition) is 1. The Labute approximate surface area is 126 Å². The van der Waals surface area contributed by atoms with Crippen LogP contribution in [-0.4, -0.2) is 31.1 Å². The first-order valence-electron chi connectivity index (χ1n) is 6.01. The Hall–Kier alpha value is -0.0600. The lowest BCUT2D eigenvalue weighted by molar-refractivity contribution is 0.206. The maximum Gasteiger partial charge on any atom is 0.0624 e. The molecule has 0 spiro atoms. The topological polar surface area (TPSA) is 15.3 Å². The van der Waals surface area contributed by atoms with Crippen molar-refractivity contribution in [2.75, 3.05) is 26.2 Å². The average molecular weight is 309 g/mol. The Bertz CT molecular complexity index is 349. The van der Waals surface area contributed by atoms with Crippen molar-refractivity contribution in [1.29, 1.82) is 0 Å². The van der Waals surface area contributed by atoms with Crippen LogP contribution in [0.4, 0.5) is 0 Å². The standard InChI is InChI=1S/C13H20N2S.2ClH/c1-3-11-5-6-13(16-11)12(4-2)15-9-7-14-8-10-15;;/h4-6,12,14H,2-3,7-10H2,1H3;2*1H/t12-;;/m0../s1. The summed E-state index contributed by atoms with van der Waals surface area (Å²) in [5.74, 6) is 0. The van der Waals surface area contributed by atoms with Crippen LogP contribution in [0.25, 0.3) is 0 Å². The van der Waals surface area contributed by atoms with E-state index in [0.717, 1.165) is 32.6 Å². The number of halogens is 2. The molecule has 0 amide bonds. The zero-order valence-corrected chi connectivity index (χ0v) is 13.2. The van der Waals surface area contributed by atoms with Crippen molar-refractivity contribution in [2.24, 2.45) is 0 Å². The van der Waals surface area contributed by atoms with Crippen LogP contribution in [0.5, 0.6) is 0 Å². The quantitative estimate of drug-likeness (QED) is 0.859. The van der Waals surface area contributed by atoms with Crippen molar-refractivity contribution in [3.63, 3.8) is 0 Å². The molecule has 0 aromatic carbocycles. The second-order valence-electron chi connectivity index (χ2n) is 4.12. The zero-order valence-electron chi connectivity index (χ0n) is 10.7. The second-order valence-corrected chi connectivity index (χ2v) is 5.32. The van der Waals surface area contributed by atoms with Gasteiger partial charge in [-0.05, 0) is 18.6 Å². The minimum absolute atomic E-state index is 0. The van der Waals surface area contributed by atoms with E-state index in [1.807, 2.05) is 11.3 Å². The summed E-state index contributed by atoms with van der Waals surface area (Å²) in [6, 6.07) is 4.92. The Morgan fingerprint density at radius 1 is 1.39 bits per heavy atom. The molecule has 104 valence electrons.